The van der Waals surface area contributed by atoms with Gasteiger partial charge in [-0.25, -0.2) is 4.79 Å². The highest BCUT2D eigenvalue weighted by molar-refractivity contribution is 5.88. The molecular weight excluding hydrogens is 156 g/mol. The van der Waals surface area contributed by atoms with Crippen LogP contribution < -0.4 is 11.1 Å². The van der Waals surface area contributed by atoms with Gasteiger partial charge in [0, 0.05) is 6.54 Å². The zero-order chi connectivity index (χ0) is 9.56. The van der Waals surface area contributed by atoms with Crippen molar-refractivity contribution in [1.29, 1.82) is 0 Å². The maximum absolute atomic E-state index is 11.1. The summed E-state index contributed by atoms with van der Waals surface area (Å²) in [6.07, 6.45) is 0. The van der Waals surface area contributed by atoms with Crippen molar-refractivity contribution in [3.05, 3.63) is 11.4 Å². The Morgan fingerprint density at radius 3 is 2.50 bits per heavy atom. The van der Waals surface area contributed by atoms with E-state index in [9.17, 15) is 4.79 Å². The maximum atomic E-state index is 11.1. The van der Waals surface area contributed by atoms with Crippen LogP contribution >= 0.6 is 0 Å². The zero-order valence-electron chi connectivity index (χ0n) is 7.81. The zero-order valence-corrected chi connectivity index (χ0v) is 7.81. The van der Waals surface area contributed by atoms with Crippen molar-refractivity contribution >= 4 is 5.97 Å². The summed E-state index contributed by atoms with van der Waals surface area (Å²) >= 11 is 0. The lowest BCUT2D eigenvalue weighted by Crippen LogP contribution is -2.24. The van der Waals surface area contributed by atoms with Crippen molar-refractivity contribution in [2.45, 2.75) is 20.8 Å². The molecule has 0 aliphatic rings. The average molecular weight is 172 g/mol. The lowest BCUT2D eigenvalue weighted by Gasteiger charge is -2.07. The van der Waals surface area contributed by atoms with Crippen LogP contribution in [0.2, 0.25) is 0 Å². The van der Waals surface area contributed by atoms with Gasteiger partial charge in [0.15, 0.2) is 0 Å². The molecule has 0 spiro atoms. The highest BCUT2D eigenvalue weighted by atomic mass is 16.5. The molecule has 4 nitrogen and oxygen atoms in total. The summed E-state index contributed by atoms with van der Waals surface area (Å²) in [5.74, 6) is 0.0203. The normalized spacial score (nSPS) is 11.9. The van der Waals surface area contributed by atoms with Gasteiger partial charge in [-0.05, 0) is 20.8 Å². The first kappa shape index (κ1) is 10.8. The number of ether oxygens (including phenoxy) is 1. The van der Waals surface area contributed by atoms with Crippen LogP contribution in [0, 0.1) is 0 Å². The molecular formula is C8H16N2O2. The second-order valence-corrected chi connectivity index (χ2v) is 2.29. The third-order valence-electron chi connectivity index (χ3n) is 1.35. The van der Waals surface area contributed by atoms with Crippen LogP contribution in [0.3, 0.4) is 0 Å². The van der Waals surface area contributed by atoms with Crippen molar-refractivity contribution in [3.63, 3.8) is 0 Å². The summed E-state index contributed by atoms with van der Waals surface area (Å²) in [6, 6.07) is 0. The van der Waals surface area contributed by atoms with Gasteiger partial charge >= 0.3 is 5.97 Å². The Labute approximate surface area is 72.8 Å². The molecule has 0 aromatic rings. The molecule has 12 heavy (non-hydrogen) atoms. The largest absolute Gasteiger partial charge is 0.463 e. The van der Waals surface area contributed by atoms with Gasteiger partial charge in [-0.15, -0.1) is 0 Å². The van der Waals surface area contributed by atoms with Gasteiger partial charge < -0.3 is 15.8 Å². The van der Waals surface area contributed by atoms with Crippen LogP contribution in [0.4, 0.5) is 0 Å². The van der Waals surface area contributed by atoms with Gasteiger partial charge in [-0.1, -0.05) is 0 Å². The number of rotatable bonds is 4. The van der Waals surface area contributed by atoms with E-state index in [2.05, 4.69) is 5.32 Å². The van der Waals surface area contributed by atoms with Gasteiger partial charge in [0.05, 0.1) is 12.2 Å². The Morgan fingerprint density at radius 2 is 2.08 bits per heavy atom. The molecule has 0 bridgehead atoms. The molecule has 0 amide bonds. The molecule has 0 aromatic heterocycles. The lowest BCUT2D eigenvalue weighted by molar-refractivity contribution is -0.138. The minimum atomic E-state index is -0.365. The number of hydrogen-bond donors (Lipinski definition) is 2. The molecule has 0 radical (unpaired) electrons. The highest BCUT2D eigenvalue weighted by Crippen LogP contribution is 1.98. The Hall–Kier alpha value is -1.19. The SMILES string of the molecule is CCNC(N)=C(C)C(=O)OCC. The fraction of sp³-hybridized carbons (Fsp3) is 0.625. The lowest BCUT2D eigenvalue weighted by atomic mass is 10.3. The van der Waals surface area contributed by atoms with E-state index in [1.165, 1.54) is 0 Å². The van der Waals surface area contributed by atoms with Gasteiger partial charge in [0.25, 0.3) is 0 Å². The van der Waals surface area contributed by atoms with Gasteiger partial charge in [-0.2, -0.15) is 0 Å². The van der Waals surface area contributed by atoms with Gasteiger partial charge in [0.2, 0.25) is 0 Å². The predicted octanol–water partition coefficient (Wildman–Crippen LogP) is 0.349. The molecule has 3 N–H and O–H groups in total. The molecule has 0 aromatic carbocycles. The molecule has 0 atom stereocenters. The molecule has 0 rings (SSSR count). The fourth-order valence-electron chi connectivity index (χ4n) is 0.672. The quantitative estimate of drug-likeness (QED) is 0.474. The molecule has 0 fully saturated rings. The van der Waals surface area contributed by atoms with Crippen LogP contribution in [-0.2, 0) is 9.53 Å². The van der Waals surface area contributed by atoms with E-state index in [1.807, 2.05) is 6.92 Å². The summed E-state index contributed by atoms with van der Waals surface area (Å²) in [4.78, 5) is 11.1. The third kappa shape index (κ3) is 3.27. The molecule has 0 unspecified atom stereocenters. The third-order valence-corrected chi connectivity index (χ3v) is 1.35. The number of carbonyl (C=O) groups is 1. The smallest absolute Gasteiger partial charge is 0.337 e. The predicted molar refractivity (Wildman–Crippen MR) is 47.2 cm³/mol. The van der Waals surface area contributed by atoms with Gasteiger partial charge in [-0.3, -0.25) is 0 Å². The Morgan fingerprint density at radius 1 is 1.50 bits per heavy atom. The van der Waals surface area contributed by atoms with Gasteiger partial charge in [0.1, 0.15) is 5.82 Å². The van der Waals surface area contributed by atoms with E-state index in [4.69, 9.17) is 10.5 Å². The average Bonchev–Trinajstić information content (AvgIpc) is 2.04. The van der Waals surface area contributed by atoms with Crippen molar-refractivity contribution in [2.75, 3.05) is 13.2 Å². The number of esters is 1. The van der Waals surface area contributed by atoms with E-state index in [0.717, 1.165) is 0 Å². The summed E-state index contributed by atoms with van der Waals surface area (Å²) in [7, 11) is 0. The second-order valence-electron chi connectivity index (χ2n) is 2.29. The van der Waals surface area contributed by atoms with Crippen molar-refractivity contribution in [3.8, 4) is 0 Å². The van der Waals surface area contributed by atoms with Crippen molar-refractivity contribution in [2.24, 2.45) is 5.73 Å². The maximum Gasteiger partial charge on any atom is 0.337 e. The minimum absolute atomic E-state index is 0.365. The highest BCUT2D eigenvalue weighted by Gasteiger charge is 2.07. The number of nitrogens with one attached hydrogen (secondary N) is 1. The molecule has 70 valence electrons. The van der Waals surface area contributed by atoms with Crippen LogP contribution in [0.1, 0.15) is 20.8 Å². The minimum Gasteiger partial charge on any atom is -0.463 e. The first-order chi connectivity index (χ1) is 5.63. The molecule has 0 saturated heterocycles. The van der Waals surface area contributed by atoms with E-state index >= 15 is 0 Å². The van der Waals surface area contributed by atoms with E-state index < -0.39 is 0 Å². The van der Waals surface area contributed by atoms with Crippen LogP contribution in [0.15, 0.2) is 11.4 Å². The van der Waals surface area contributed by atoms with E-state index in [1.54, 1.807) is 13.8 Å². The fourth-order valence-corrected chi connectivity index (χ4v) is 0.672. The Bertz CT molecular complexity index is 187. The van der Waals surface area contributed by atoms with Crippen LogP contribution in [0.5, 0.6) is 0 Å². The number of hydrogen-bond acceptors (Lipinski definition) is 4. The van der Waals surface area contributed by atoms with E-state index in [0.29, 0.717) is 24.5 Å². The number of nitrogens with two attached hydrogens (primary N) is 1. The van der Waals surface area contributed by atoms with Crippen LogP contribution in [0.25, 0.3) is 0 Å². The Kier molecular flexibility index (Phi) is 4.92. The summed E-state index contributed by atoms with van der Waals surface area (Å²) < 4.78 is 4.75. The monoisotopic (exact) mass is 172 g/mol. The molecule has 4 heteroatoms. The van der Waals surface area contributed by atoms with Crippen molar-refractivity contribution < 1.29 is 9.53 Å². The molecule has 0 aliphatic heterocycles. The van der Waals surface area contributed by atoms with E-state index in [-0.39, 0.29) is 5.97 Å². The standard InChI is InChI=1S/C8H16N2O2/c1-4-10-7(9)6(3)8(11)12-5-2/h10H,4-5,9H2,1-3H3. The summed E-state index contributed by atoms with van der Waals surface area (Å²) in [5, 5.41) is 2.84. The second kappa shape index (κ2) is 5.46. The first-order valence-electron chi connectivity index (χ1n) is 4.00. The van der Waals surface area contributed by atoms with Crippen LogP contribution in [-0.4, -0.2) is 19.1 Å². The molecule has 0 heterocycles. The molecule has 0 saturated carbocycles. The summed E-state index contributed by atoms with van der Waals surface area (Å²) in [6.45, 7) is 6.37. The summed E-state index contributed by atoms with van der Waals surface area (Å²) in [5.41, 5.74) is 5.96. The van der Waals surface area contributed by atoms with Crippen molar-refractivity contribution in [1.82, 2.24) is 5.32 Å². The Balaban J connectivity index is 4.22. The number of carbonyl (C=O) groups excluding carboxylic acids is 1. The molecule has 0 aliphatic carbocycles. The topological polar surface area (TPSA) is 64.3 Å². The first-order valence-corrected chi connectivity index (χ1v) is 4.00.